The van der Waals surface area contributed by atoms with E-state index in [1.165, 1.54) is 19.0 Å². The average molecular weight is 207 g/mol. The summed E-state index contributed by atoms with van der Waals surface area (Å²) >= 11 is 0. The number of ether oxygens (including phenoxy) is 2. The molecule has 0 aliphatic rings. The Labute approximate surface area is 80.2 Å². The summed E-state index contributed by atoms with van der Waals surface area (Å²) in [6.45, 7) is 0. The number of amides is 2. The third kappa shape index (κ3) is 4.45. The molecule has 0 atom stereocenters. The summed E-state index contributed by atoms with van der Waals surface area (Å²) in [5, 5.41) is 0. The molecule has 0 heterocycles. The minimum absolute atomic E-state index is 0.937. The van der Waals surface area contributed by atoms with E-state index in [0.29, 0.717) is 0 Å². The van der Waals surface area contributed by atoms with Gasteiger partial charge in [-0.1, -0.05) is 0 Å². The molecule has 0 aliphatic heterocycles. The predicted molar refractivity (Wildman–Crippen MR) is 45.1 cm³/mol. The maximum Gasteiger partial charge on any atom is 0.425 e. The van der Waals surface area contributed by atoms with Gasteiger partial charge in [-0.15, -0.1) is 0 Å². The van der Waals surface area contributed by atoms with Crippen LogP contribution in [0.15, 0.2) is 0 Å². The van der Waals surface area contributed by atoms with E-state index in [4.69, 9.17) is 11.7 Å². The lowest BCUT2D eigenvalue weighted by atomic mass is 10.8. The third-order valence-electron chi connectivity index (χ3n) is 1.07. The molecule has 82 valence electrons. The van der Waals surface area contributed by atoms with Crippen molar-refractivity contribution in [3.8, 4) is 0 Å². The van der Waals surface area contributed by atoms with Gasteiger partial charge in [0.25, 0.3) is 0 Å². The van der Waals surface area contributed by atoms with Gasteiger partial charge in [0.15, 0.2) is 0 Å². The summed E-state index contributed by atoms with van der Waals surface area (Å²) in [6.07, 6.45) is -3.08. The van der Waals surface area contributed by atoms with Crippen molar-refractivity contribution in [2.24, 2.45) is 11.7 Å². The number of nitrogens with one attached hydrogen (secondary N) is 2. The number of hydrazine groups is 2. The number of rotatable bonds is 3. The molecule has 9 heteroatoms. The summed E-state index contributed by atoms with van der Waals surface area (Å²) in [4.78, 5) is 22.7. The van der Waals surface area contributed by atoms with Crippen LogP contribution in [0, 0.1) is 0 Å². The zero-order chi connectivity index (χ0) is 11.1. The third-order valence-corrected chi connectivity index (χ3v) is 1.07. The molecule has 0 unspecified atom stereocenters. The van der Waals surface area contributed by atoms with Crippen LogP contribution >= 0.6 is 0 Å². The van der Waals surface area contributed by atoms with Gasteiger partial charge in [0, 0.05) is 0 Å². The molecule has 0 fully saturated rings. The van der Waals surface area contributed by atoms with Crippen molar-refractivity contribution in [3.63, 3.8) is 0 Å². The Hall–Kier alpha value is -1.58. The molecule has 0 saturated heterocycles. The van der Waals surface area contributed by atoms with Crippen LogP contribution < -0.4 is 22.5 Å². The van der Waals surface area contributed by atoms with Gasteiger partial charge in [0.2, 0.25) is 0 Å². The molecule has 9 nitrogen and oxygen atoms in total. The van der Waals surface area contributed by atoms with Gasteiger partial charge in [0.05, 0.1) is 0 Å². The van der Waals surface area contributed by atoms with Crippen LogP contribution in [-0.2, 0) is 9.47 Å². The highest BCUT2D eigenvalue weighted by Gasteiger charge is 2.20. The van der Waals surface area contributed by atoms with E-state index in [1.54, 1.807) is 10.9 Å². The quantitative estimate of drug-likeness (QED) is 0.183. The summed E-state index contributed by atoms with van der Waals surface area (Å²) in [5.74, 6) is 9.52. The molecule has 0 aliphatic carbocycles. The smallest absolute Gasteiger partial charge is 0.393 e. The second-order valence-electron chi connectivity index (χ2n) is 2.37. The van der Waals surface area contributed by atoms with Crippen LogP contribution in [0.4, 0.5) is 9.59 Å². The fraction of sp³-hybridized carbons (Fsp3) is 0.600. The van der Waals surface area contributed by atoms with E-state index in [2.05, 4.69) is 9.47 Å². The normalized spacial score (nSPS) is 9.86. The van der Waals surface area contributed by atoms with E-state index in [-0.39, 0.29) is 0 Å². The van der Waals surface area contributed by atoms with Crippen molar-refractivity contribution < 1.29 is 19.1 Å². The van der Waals surface area contributed by atoms with Crippen molar-refractivity contribution in [2.45, 2.75) is 6.41 Å². The molecule has 14 heavy (non-hydrogen) atoms. The first-order valence-corrected chi connectivity index (χ1v) is 3.52. The van der Waals surface area contributed by atoms with Crippen molar-refractivity contribution in [1.29, 1.82) is 0 Å². The number of carbonyl (C=O) groups excluding carboxylic acids is 2. The molecule has 0 bridgehead atoms. The second kappa shape index (κ2) is 5.96. The zero-order valence-electron chi connectivity index (χ0n) is 7.81. The summed E-state index contributed by atoms with van der Waals surface area (Å²) in [6, 6.07) is 0. The van der Waals surface area contributed by atoms with Crippen LogP contribution in [0.5, 0.6) is 0 Å². The fourth-order valence-corrected chi connectivity index (χ4v) is 0.486. The number of hydrogen-bond acceptors (Lipinski definition) is 7. The summed E-state index contributed by atoms with van der Waals surface area (Å²) in [7, 11) is 3.05. The van der Waals surface area contributed by atoms with E-state index in [1.807, 2.05) is 0 Å². The minimum atomic E-state index is -1.21. The van der Waals surface area contributed by atoms with Crippen LogP contribution in [0.2, 0.25) is 0 Å². The van der Waals surface area contributed by atoms with Crippen LogP contribution in [0.25, 0.3) is 0 Å². The SMILES string of the molecule is CN(C)C(OC(=O)NN)OC(=O)NN. The Morgan fingerprint density at radius 3 is 1.71 bits per heavy atom. The van der Waals surface area contributed by atoms with Gasteiger partial charge in [0.1, 0.15) is 0 Å². The van der Waals surface area contributed by atoms with E-state index in [0.717, 1.165) is 0 Å². The maximum atomic E-state index is 10.7. The topological polar surface area (TPSA) is 132 Å². The largest absolute Gasteiger partial charge is 0.425 e. The van der Waals surface area contributed by atoms with Gasteiger partial charge in [-0.25, -0.2) is 26.2 Å². The van der Waals surface area contributed by atoms with Crippen LogP contribution in [0.3, 0.4) is 0 Å². The van der Waals surface area contributed by atoms with Crippen LogP contribution in [0.1, 0.15) is 0 Å². The maximum absolute atomic E-state index is 10.7. The number of nitrogens with two attached hydrogens (primary N) is 2. The molecule has 2 amide bonds. The lowest BCUT2D eigenvalue weighted by molar-refractivity contribution is -0.139. The van der Waals surface area contributed by atoms with Crippen molar-refractivity contribution in [3.05, 3.63) is 0 Å². The molecule has 0 aromatic heterocycles. The second-order valence-corrected chi connectivity index (χ2v) is 2.37. The van der Waals surface area contributed by atoms with Crippen molar-refractivity contribution >= 4 is 12.2 Å². The monoisotopic (exact) mass is 207 g/mol. The lowest BCUT2D eigenvalue weighted by Crippen LogP contribution is -2.44. The van der Waals surface area contributed by atoms with Gasteiger partial charge >= 0.3 is 18.6 Å². The molecule has 0 rings (SSSR count). The first-order valence-electron chi connectivity index (χ1n) is 3.52. The molecule has 0 saturated carbocycles. The van der Waals surface area contributed by atoms with E-state index >= 15 is 0 Å². The molecule has 0 spiro atoms. The van der Waals surface area contributed by atoms with Crippen molar-refractivity contribution in [2.75, 3.05) is 14.1 Å². The average Bonchev–Trinajstić information content (AvgIpc) is 2.16. The highest BCUT2D eigenvalue weighted by atomic mass is 16.7. The van der Waals surface area contributed by atoms with Gasteiger partial charge in [-0.3, -0.25) is 10.9 Å². The molecule has 6 N–H and O–H groups in total. The first-order chi connectivity index (χ1) is 6.51. The number of carbonyl (C=O) groups is 2. The summed E-state index contributed by atoms with van der Waals surface area (Å²) < 4.78 is 9.09. The van der Waals surface area contributed by atoms with Gasteiger partial charge < -0.3 is 9.47 Å². The first kappa shape index (κ1) is 12.4. The minimum Gasteiger partial charge on any atom is -0.393 e. The highest BCUT2D eigenvalue weighted by Crippen LogP contribution is 1.98. The van der Waals surface area contributed by atoms with Gasteiger partial charge in [-0.2, -0.15) is 0 Å². The molecular weight excluding hydrogens is 194 g/mol. The Kier molecular flexibility index (Phi) is 5.29. The standard InChI is InChI=1S/C5H13N5O4/c1-10(2)5(13-3(11)8-6)14-4(12)9-7/h5H,6-7H2,1-2H3,(H,8,11)(H,9,12). The highest BCUT2D eigenvalue weighted by molar-refractivity contribution is 5.68. The fourth-order valence-electron chi connectivity index (χ4n) is 0.486. The number of nitrogens with zero attached hydrogens (tertiary/aromatic N) is 1. The zero-order valence-corrected chi connectivity index (χ0v) is 7.81. The molecule has 0 radical (unpaired) electrons. The Morgan fingerprint density at radius 1 is 1.14 bits per heavy atom. The Bertz CT molecular complexity index is 190. The Balaban J connectivity index is 4.16. The van der Waals surface area contributed by atoms with Gasteiger partial charge in [-0.05, 0) is 14.1 Å². The number of hydrogen-bond donors (Lipinski definition) is 4. The van der Waals surface area contributed by atoms with E-state index < -0.39 is 18.6 Å². The van der Waals surface area contributed by atoms with Crippen LogP contribution in [-0.4, -0.2) is 37.6 Å². The molecular formula is C5H13N5O4. The van der Waals surface area contributed by atoms with Crippen molar-refractivity contribution in [1.82, 2.24) is 15.8 Å². The van der Waals surface area contributed by atoms with E-state index in [9.17, 15) is 9.59 Å². The lowest BCUT2D eigenvalue weighted by Gasteiger charge is -2.22. The predicted octanol–water partition coefficient (Wildman–Crippen LogP) is -1.97. The Morgan fingerprint density at radius 2 is 1.50 bits per heavy atom. The summed E-state index contributed by atoms with van der Waals surface area (Å²) in [5.41, 5.74) is 3.42. The molecule has 0 aromatic rings. The molecule has 0 aromatic carbocycles.